The Labute approximate surface area is 139 Å². The smallest absolute Gasteiger partial charge is 0.348 e. The van der Waals surface area contributed by atoms with Crippen molar-refractivity contribution < 1.29 is 22.8 Å². The number of hydrogen-bond acceptors (Lipinski definition) is 2. The molecule has 0 spiro atoms. The van der Waals surface area contributed by atoms with E-state index in [4.69, 9.17) is 0 Å². The molecule has 2 rings (SSSR count). The van der Waals surface area contributed by atoms with Crippen molar-refractivity contribution in [1.82, 2.24) is 10.2 Å². The average Bonchev–Trinajstić information content (AvgIpc) is 2.58. The minimum Gasteiger partial charge on any atom is -0.348 e. The van der Waals surface area contributed by atoms with Crippen molar-refractivity contribution >= 4 is 11.8 Å². The average molecular weight is 342 g/mol. The first-order chi connectivity index (χ1) is 11.4. The van der Waals surface area contributed by atoms with Crippen molar-refractivity contribution in [3.8, 4) is 0 Å². The Morgan fingerprint density at radius 3 is 2.33 bits per heavy atom. The molecule has 1 aromatic carbocycles. The van der Waals surface area contributed by atoms with Gasteiger partial charge in [0, 0.05) is 26.1 Å². The molecule has 7 heteroatoms. The summed E-state index contributed by atoms with van der Waals surface area (Å²) in [6.07, 6.45) is -2.51. The first kappa shape index (κ1) is 18.3. The van der Waals surface area contributed by atoms with Crippen LogP contribution in [-0.4, -0.2) is 42.5 Å². The molecular formula is C17H21F3N2O2. The zero-order valence-electron chi connectivity index (χ0n) is 13.3. The number of carbonyl (C=O) groups excluding carboxylic acids is 2. The van der Waals surface area contributed by atoms with Gasteiger partial charge >= 0.3 is 12.1 Å². The highest BCUT2D eigenvalue weighted by atomic mass is 19.4. The number of halogens is 3. The zero-order chi connectivity index (χ0) is 17.6. The van der Waals surface area contributed by atoms with E-state index in [1.807, 2.05) is 35.6 Å². The largest absolute Gasteiger partial charge is 0.471 e. The van der Waals surface area contributed by atoms with Crippen LogP contribution in [-0.2, 0) is 16.0 Å². The monoisotopic (exact) mass is 342 g/mol. The lowest BCUT2D eigenvalue weighted by Gasteiger charge is -2.32. The molecule has 1 aliphatic heterocycles. The van der Waals surface area contributed by atoms with Gasteiger partial charge in [0.25, 0.3) is 0 Å². The van der Waals surface area contributed by atoms with Gasteiger partial charge in [0.1, 0.15) is 0 Å². The van der Waals surface area contributed by atoms with E-state index in [1.165, 1.54) is 0 Å². The number of nitrogens with zero attached hydrogens (tertiary/aromatic N) is 1. The predicted octanol–water partition coefficient (Wildman–Crippen LogP) is 2.54. The number of amides is 2. The van der Waals surface area contributed by atoms with Gasteiger partial charge < -0.3 is 10.2 Å². The first-order valence-corrected chi connectivity index (χ1v) is 8.03. The topological polar surface area (TPSA) is 49.4 Å². The van der Waals surface area contributed by atoms with E-state index < -0.39 is 12.1 Å². The Hall–Kier alpha value is -2.05. The van der Waals surface area contributed by atoms with Crippen LogP contribution in [0.4, 0.5) is 13.2 Å². The minimum atomic E-state index is -4.84. The maximum atomic E-state index is 12.2. The van der Waals surface area contributed by atoms with Gasteiger partial charge in [-0.3, -0.25) is 9.59 Å². The van der Waals surface area contributed by atoms with Gasteiger partial charge in [0.05, 0.1) is 0 Å². The summed E-state index contributed by atoms with van der Waals surface area (Å²) in [4.78, 5) is 24.7. The third kappa shape index (κ3) is 5.54. The highest BCUT2D eigenvalue weighted by molar-refractivity contribution is 5.81. The van der Waals surface area contributed by atoms with Gasteiger partial charge in [-0.1, -0.05) is 30.3 Å². The van der Waals surface area contributed by atoms with Crippen LogP contribution in [0.5, 0.6) is 0 Å². The summed E-state index contributed by atoms with van der Waals surface area (Å²) in [7, 11) is 0. The van der Waals surface area contributed by atoms with Crippen LogP contribution in [0, 0.1) is 5.92 Å². The number of carbonyl (C=O) groups is 2. The van der Waals surface area contributed by atoms with Crippen molar-refractivity contribution in [3.63, 3.8) is 0 Å². The molecule has 1 aliphatic rings. The first-order valence-electron chi connectivity index (χ1n) is 8.03. The lowest BCUT2D eigenvalue weighted by atomic mass is 9.96. The molecule has 1 heterocycles. The summed E-state index contributed by atoms with van der Waals surface area (Å²) in [5, 5.41) is 1.92. The highest BCUT2D eigenvalue weighted by Gasteiger charge is 2.38. The molecule has 1 N–H and O–H groups in total. The van der Waals surface area contributed by atoms with E-state index in [0.717, 1.165) is 5.56 Å². The van der Waals surface area contributed by atoms with Crippen LogP contribution in [0.2, 0.25) is 0 Å². The van der Waals surface area contributed by atoms with E-state index in [-0.39, 0.29) is 18.4 Å². The second kappa shape index (κ2) is 8.17. The van der Waals surface area contributed by atoms with Crippen LogP contribution in [0.15, 0.2) is 30.3 Å². The van der Waals surface area contributed by atoms with Crippen LogP contribution < -0.4 is 5.32 Å². The number of piperidine rings is 1. The number of nitrogens with one attached hydrogen (secondary N) is 1. The highest BCUT2D eigenvalue weighted by Crippen LogP contribution is 2.19. The van der Waals surface area contributed by atoms with Crippen LogP contribution in [0.25, 0.3) is 0 Å². The van der Waals surface area contributed by atoms with Crippen LogP contribution in [0.1, 0.15) is 24.8 Å². The van der Waals surface area contributed by atoms with Gasteiger partial charge in [0.2, 0.25) is 5.91 Å². The summed E-state index contributed by atoms with van der Waals surface area (Å²) in [5.41, 5.74) is 1.11. The predicted molar refractivity (Wildman–Crippen MR) is 83.1 cm³/mol. The van der Waals surface area contributed by atoms with E-state index in [9.17, 15) is 22.8 Å². The fourth-order valence-corrected chi connectivity index (χ4v) is 2.78. The fraction of sp³-hybridized carbons (Fsp3) is 0.529. The maximum absolute atomic E-state index is 12.2. The Bertz CT molecular complexity index is 553. The molecule has 0 aromatic heterocycles. The molecule has 0 bridgehead atoms. The molecule has 24 heavy (non-hydrogen) atoms. The summed E-state index contributed by atoms with van der Waals surface area (Å²) >= 11 is 0. The number of aryl methyl sites for hydroxylation is 1. The summed E-state index contributed by atoms with van der Waals surface area (Å²) in [5.74, 6) is -1.85. The molecule has 0 saturated carbocycles. The van der Waals surface area contributed by atoms with Crippen molar-refractivity contribution in [2.45, 2.75) is 31.9 Å². The summed E-state index contributed by atoms with van der Waals surface area (Å²) in [6.45, 7) is 1.06. The molecule has 1 saturated heterocycles. The molecule has 0 aliphatic carbocycles. The van der Waals surface area contributed by atoms with Gasteiger partial charge in [-0.2, -0.15) is 13.2 Å². The molecular weight excluding hydrogens is 321 g/mol. The van der Waals surface area contributed by atoms with Crippen LogP contribution >= 0.6 is 0 Å². The van der Waals surface area contributed by atoms with Crippen LogP contribution in [0.3, 0.4) is 0 Å². The van der Waals surface area contributed by atoms with E-state index in [1.54, 1.807) is 4.90 Å². The molecule has 0 radical (unpaired) electrons. The molecule has 1 aromatic rings. The summed E-state index contributed by atoms with van der Waals surface area (Å²) in [6, 6.07) is 9.74. The molecule has 1 fully saturated rings. The normalized spacial score (nSPS) is 16.0. The van der Waals surface area contributed by atoms with Crippen molar-refractivity contribution in [1.29, 1.82) is 0 Å². The molecule has 2 amide bonds. The van der Waals surface area contributed by atoms with Gasteiger partial charge in [-0.15, -0.1) is 0 Å². The van der Waals surface area contributed by atoms with E-state index in [2.05, 4.69) is 0 Å². The standard InChI is InChI=1S/C17H21F3N2O2/c18-17(19,20)16(24)21-12-14-8-10-22(11-9-14)15(23)7-6-13-4-2-1-3-5-13/h1-5,14H,6-12H2,(H,21,24). The Balaban J connectivity index is 1.68. The maximum Gasteiger partial charge on any atom is 0.471 e. The van der Waals surface area contributed by atoms with Gasteiger partial charge in [-0.05, 0) is 30.7 Å². The number of hydrogen-bond donors (Lipinski definition) is 1. The van der Waals surface area contributed by atoms with E-state index in [0.29, 0.717) is 38.8 Å². The Morgan fingerprint density at radius 2 is 1.75 bits per heavy atom. The third-order valence-electron chi connectivity index (χ3n) is 4.25. The lowest BCUT2D eigenvalue weighted by molar-refractivity contribution is -0.173. The molecule has 0 unspecified atom stereocenters. The SMILES string of the molecule is O=C(CCc1ccccc1)N1CCC(CNC(=O)C(F)(F)F)CC1. The second-order valence-electron chi connectivity index (χ2n) is 6.02. The molecule has 132 valence electrons. The number of alkyl halides is 3. The molecule has 0 atom stereocenters. The van der Waals surface area contributed by atoms with Gasteiger partial charge in [-0.25, -0.2) is 0 Å². The van der Waals surface area contributed by atoms with E-state index >= 15 is 0 Å². The molecule has 4 nitrogen and oxygen atoms in total. The van der Waals surface area contributed by atoms with Gasteiger partial charge in [0.15, 0.2) is 0 Å². The minimum absolute atomic E-state index is 0.00435. The zero-order valence-corrected chi connectivity index (χ0v) is 13.3. The number of rotatable bonds is 5. The Morgan fingerprint density at radius 1 is 1.12 bits per heavy atom. The third-order valence-corrected chi connectivity index (χ3v) is 4.25. The Kier molecular flexibility index (Phi) is 6.23. The second-order valence-corrected chi connectivity index (χ2v) is 6.02. The summed E-state index contributed by atoms with van der Waals surface area (Å²) < 4.78 is 36.4. The quantitative estimate of drug-likeness (QED) is 0.894. The van der Waals surface area contributed by atoms with Crippen molar-refractivity contribution in [2.24, 2.45) is 5.92 Å². The van der Waals surface area contributed by atoms with Crippen molar-refractivity contribution in [2.75, 3.05) is 19.6 Å². The number of likely N-dealkylation sites (tertiary alicyclic amines) is 1. The lowest BCUT2D eigenvalue weighted by Crippen LogP contribution is -2.44. The fourth-order valence-electron chi connectivity index (χ4n) is 2.78. The van der Waals surface area contributed by atoms with Crippen molar-refractivity contribution in [3.05, 3.63) is 35.9 Å². The number of benzene rings is 1.